The summed E-state index contributed by atoms with van der Waals surface area (Å²) in [5.74, 6) is 2.15. The zero-order valence-corrected chi connectivity index (χ0v) is 16.5. The van der Waals surface area contributed by atoms with E-state index in [-0.39, 0.29) is 11.9 Å². The van der Waals surface area contributed by atoms with Gasteiger partial charge in [0.15, 0.2) is 11.5 Å². The molecule has 3 rings (SSSR count). The molecule has 1 aliphatic heterocycles. The number of carbonyl (C=O) groups excluding carboxylic acids is 1. The second kappa shape index (κ2) is 8.60. The highest BCUT2D eigenvalue weighted by Crippen LogP contribution is 2.34. The van der Waals surface area contributed by atoms with Crippen LogP contribution in [0.2, 0.25) is 0 Å². The highest BCUT2D eigenvalue weighted by molar-refractivity contribution is 9.10. The van der Waals surface area contributed by atoms with E-state index in [2.05, 4.69) is 26.1 Å². The number of halogens is 1. The summed E-state index contributed by atoms with van der Waals surface area (Å²) < 4.78 is 16.9. The van der Waals surface area contributed by atoms with Gasteiger partial charge in [-0.05, 0) is 49.2 Å². The van der Waals surface area contributed by atoms with Gasteiger partial charge in [-0.15, -0.1) is 0 Å². The van der Waals surface area contributed by atoms with E-state index in [0.717, 1.165) is 35.2 Å². The van der Waals surface area contributed by atoms with E-state index in [9.17, 15) is 4.79 Å². The zero-order valence-electron chi connectivity index (χ0n) is 15.0. The number of likely N-dealkylation sites (tertiary alicyclic amines) is 1. The third-order valence-electron chi connectivity index (χ3n) is 4.61. The predicted octanol–water partition coefficient (Wildman–Crippen LogP) is 3.34. The Kier molecular flexibility index (Phi) is 6.21. The fraction of sp³-hybridized carbons (Fsp3) is 0.421. The van der Waals surface area contributed by atoms with Crippen LogP contribution in [0.25, 0.3) is 0 Å². The smallest absolute Gasteiger partial charge is 0.237 e. The Labute approximate surface area is 161 Å². The molecule has 0 saturated carbocycles. The van der Waals surface area contributed by atoms with Crippen LogP contribution in [0.5, 0.6) is 11.5 Å². The molecule has 1 N–H and O–H groups in total. The molecule has 2 heterocycles. The molecule has 0 aliphatic carbocycles. The Morgan fingerprint density at radius 3 is 2.81 bits per heavy atom. The van der Waals surface area contributed by atoms with Gasteiger partial charge in [0.05, 0.1) is 33.1 Å². The van der Waals surface area contributed by atoms with Gasteiger partial charge >= 0.3 is 0 Å². The number of ether oxygens (including phenoxy) is 2. The van der Waals surface area contributed by atoms with Gasteiger partial charge in [-0.1, -0.05) is 15.9 Å². The molecule has 1 atom stereocenters. The molecule has 1 aliphatic rings. The van der Waals surface area contributed by atoms with E-state index in [0.29, 0.717) is 24.6 Å². The molecule has 1 saturated heterocycles. The summed E-state index contributed by atoms with van der Waals surface area (Å²) in [6.45, 7) is 1.97. The van der Waals surface area contributed by atoms with Crippen molar-refractivity contribution in [1.29, 1.82) is 0 Å². The van der Waals surface area contributed by atoms with Crippen molar-refractivity contribution in [2.24, 2.45) is 0 Å². The average molecular weight is 423 g/mol. The monoisotopic (exact) mass is 422 g/mol. The van der Waals surface area contributed by atoms with Crippen molar-refractivity contribution >= 4 is 21.8 Å². The maximum Gasteiger partial charge on any atom is 0.237 e. The summed E-state index contributed by atoms with van der Waals surface area (Å²) in [5, 5.41) is 2.97. The van der Waals surface area contributed by atoms with Crippen molar-refractivity contribution in [3.8, 4) is 11.5 Å². The van der Waals surface area contributed by atoms with Crippen molar-refractivity contribution in [2.75, 3.05) is 20.8 Å². The second-order valence-electron chi connectivity index (χ2n) is 6.22. The molecule has 26 heavy (non-hydrogen) atoms. The fourth-order valence-electron chi connectivity index (χ4n) is 3.25. The minimum absolute atomic E-state index is 0.0375. The van der Waals surface area contributed by atoms with E-state index >= 15 is 0 Å². The molecule has 1 fully saturated rings. The Hall–Kier alpha value is -1.99. The minimum atomic E-state index is -0.134. The zero-order chi connectivity index (χ0) is 18.5. The number of hydrogen-bond acceptors (Lipinski definition) is 5. The van der Waals surface area contributed by atoms with Gasteiger partial charge in [0.1, 0.15) is 5.76 Å². The SMILES string of the molecule is COc1cc(Br)c(CN2CCCC2C(=O)NCc2ccco2)cc1OC. The number of amides is 1. The summed E-state index contributed by atoms with van der Waals surface area (Å²) in [5.41, 5.74) is 1.06. The van der Waals surface area contributed by atoms with Crippen LogP contribution in [-0.2, 0) is 17.9 Å². The summed E-state index contributed by atoms with van der Waals surface area (Å²) in [4.78, 5) is 14.8. The lowest BCUT2D eigenvalue weighted by molar-refractivity contribution is -0.125. The Balaban J connectivity index is 1.67. The molecule has 2 aromatic rings. The summed E-state index contributed by atoms with van der Waals surface area (Å²) in [7, 11) is 3.24. The lowest BCUT2D eigenvalue weighted by atomic mass is 10.1. The van der Waals surface area contributed by atoms with Crippen LogP contribution in [0.1, 0.15) is 24.2 Å². The van der Waals surface area contributed by atoms with Crippen LogP contribution < -0.4 is 14.8 Å². The largest absolute Gasteiger partial charge is 0.493 e. The molecular weight excluding hydrogens is 400 g/mol. The molecular formula is C19H23BrN2O4. The minimum Gasteiger partial charge on any atom is -0.493 e. The van der Waals surface area contributed by atoms with E-state index in [1.807, 2.05) is 24.3 Å². The molecule has 1 aromatic heterocycles. The molecule has 0 radical (unpaired) electrons. The van der Waals surface area contributed by atoms with Crippen LogP contribution >= 0.6 is 15.9 Å². The number of methoxy groups -OCH3 is 2. The number of furan rings is 1. The number of nitrogens with one attached hydrogen (secondary N) is 1. The van der Waals surface area contributed by atoms with Gasteiger partial charge in [0, 0.05) is 11.0 Å². The molecule has 140 valence electrons. The van der Waals surface area contributed by atoms with E-state index in [1.54, 1.807) is 20.5 Å². The first-order valence-corrected chi connectivity index (χ1v) is 9.36. The maximum absolute atomic E-state index is 12.6. The number of hydrogen-bond donors (Lipinski definition) is 1. The van der Waals surface area contributed by atoms with Gasteiger partial charge < -0.3 is 19.2 Å². The first kappa shape index (κ1) is 18.8. The predicted molar refractivity (Wildman–Crippen MR) is 101 cm³/mol. The number of rotatable bonds is 7. The summed E-state index contributed by atoms with van der Waals surface area (Å²) in [6.07, 6.45) is 3.47. The van der Waals surface area contributed by atoms with Crippen LogP contribution in [0, 0.1) is 0 Å². The molecule has 1 aromatic carbocycles. The van der Waals surface area contributed by atoms with Crippen molar-refractivity contribution in [3.63, 3.8) is 0 Å². The third-order valence-corrected chi connectivity index (χ3v) is 5.35. The molecule has 0 spiro atoms. The highest BCUT2D eigenvalue weighted by Gasteiger charge is 2.31. The Morgan fingerprint density at radius 2 is 2.12 bits per heavy atom. The van der Waals surface area contributed by atoms with Gasteiger partial charge in [0.25, 0.3) is 0 Å². The molecule has 7 heteroatoms. The van der Waals surface area contributed by atoms with Gasteiger partial charge in [-0.3, -0.25) is 9.69 Å². The summed E-state index contributed by atoms with van der Waals surface area (Å²) >= 11 is 3.60. The van der Waals surface area contributed by atoms with E-state index in [4.69, 9.17) is 13.9 Å². The van der Waals surface area contributed by atoms with E-state index in [1.165, 1.54) is 0 Å². The number of benzene rings is 1. The second-order valence-corrected chi connectivity index (χ2v) is 7.08. The van der Waals surface area contributed by atoms with Gasteiger partial charge in [0.2, 0.25) is 5.91 Å². The van der Waals surface area contributed by atoms with Crippen LogP contribution in [0.4, 0.5) is 0 Å². The fourth-order valence-corrected chi connectivity index (χ4v) is 3.70. The average Bonchev–Trinajstić information content (AvgIpc) is 3.32. The van der Waals surface area contributed by atoms with Gasteiger partial charge in [-0.25, -0.2) is 0 Å². The van der Waals surface area contributed by atoms with E-state index < -0.39 is 0 Å². The number of nitrogens with zero attached hydrogens (tertiary/aromatic N) is 1. The molecule has 6 nitrogen and oxygen atoms in total. The molecule has 1 amide bonds. The highest BCUT2D eigenvalue weighted by atomic mass is 79.9. The van der Waals surface area contributed by atoms with Crippen molar-refractivity contribution in [1.82, 2.24) is 10.2 Å². The first-order chi connectivity index (χ1) is 12.6. The number of carbonyl (C=O) groups is 1. The third kappa shape index (κ3) is 4.22. The topological polar surface area (TPSA) is 63.9 Å². The quantitative estimate of drug-likeness (QED) is 0.740. The van der Waals surface area contributed by atoms with Crippen molar-refractivity contribution in [2.45, 2.75) is 32.0 Å². The molecule has 1 unspecified atom stereocenters. The Bertz CT molecular complexity index is 748. The lowest BCUT2D eigenvalue weighted by Gasteiger charge is -2.24. The summed E-state index contributed by atoms with van der Waals surface area (Å²) in [6, 6.07) is 7.39. The lowest BCUT2D eigenvalue weighted by Crippen LogP contribution is -2.42. The van der Waals surface area contributed by atoms with Crippen molar-refractivity contribution in [3.05, 3.63) is 46.3 Å². The molecule has 0 bridgehead atoms. The standard InChI is InChI=1S/C19H23BrN2O4/c1-24-17-9-13(15(20)10-18(17)25-2)12-22-7-3-6-16(22)19(23)21-11-14-5-4-8-26-14/h4-5,8-10,16H,3,6-7,11-12H2,1-2H3,(H,21,23). The van der Waals surface area contributed by atoms with Crippen LogP contribution in [0.15, 0.2) is 39.4 Å². The maximum atomic E-state index is 12.6. The van der Waals surface area contributed by atoms with Gasteiger partial charge in [-0.2, -0.15) is 0 Å². The van der Waals surface area contributed by atoms with Crippen LogP contribution in [0.3, 0.4) is 0 Å². The van der Waals surface area contributed by atoms with Crippen molar-refractivity contribution < 1.29 is 18.7 Å². The van der Waals surface area contributed by atoms with Crippen LogP contribution in [-0.4, -0.2) is 37.6 Å². The Morgan fingerprint density at radius 1 is 1.35 bits per heavy atom. The normalized spacial score (nSPS) is 17.3. The first-order valence-electron chi connectivity index (χ1n) is 8.57.